The molecule has 2 atom stereocenters. The third kappa shape index (κ3) is 2.43. The molecule has 64 valence electrons. The van der Waals surface area contributed by atoms with Crippen LogP contribution in [-0.2, 0) is 14.2 Å². The number of epoxide rings is 1. The molecule has 3 nitrogen and oxygen atoms in total. The van der Waals surface area contributed by atoms with Crippen molar-refractivity contribution >= 4 is 0 Å². The molecule has 0 aromatic rings. The number of hydrogen-bond acceptors (Lipinski definition) is 3. The maximum Gasteiger partial charge on any atom is 0.157 e. The van der Waals surface area contributed by atoms with E-state index in [0.717, 1.165) is 19.6 Å². The molecule has 2 heterocycles. The Hall–Kier alpha value is -0.120. The van der Waals surface area contributed by atoms with Crippen LogP contribution < -0.4 is 0 Å². The molecule has 0 radical (unpaired) electrons. The molecule has 0 saturated carbocycles. The van der Waals surface area contributed by atoms with E-state index in [1.807, 2.05) is 0 Å². The van der Waals surface area contributed by atoms with Gasteiger partial charge in [-0.15, -0.1) is 0 Å². The molecular formula is C8H14O3. The SMILES string of the molecule is C1CC[C@@H](OCC2CO2)OC1. The minimum Gasteiger partial charge on any atom is -0.371 e. The van der Waals surface area contributed by atoms with E-state index in [2.05, 4.69) is 0 Å². The number of hydrogen-bond donors (Lipinski definition) is 0. The van der Waals surface area contributed by atoms with Gasteiger partial charge in [0.2, 0.25) is 0 Å². The van der Waals surface area contributed by atoms with Crippen LogP contribution >= 0.6 is 0 Å². The van der Waals surface area contributed by atoms with Crippen LogP contribution in [0.25, 0.3) is 0 Å². The highest BCUT2D eigenvalue weighted by atomic mass is 16.7. The van der Waals surface area contributed by atoms with Crippen molar-refractivity contribution in [2.24, 2.45) is 0 Å². The fraction of sp³-hybridized carbons (Fsp3) is 1.00. The van der Waals surface area contributed by atoms with E-state index in [0.29, 0.717) is 12.7 Å². The topological polar surface area (TPSA) is 31.0 Å². The molecule has 0 aromatic carbocycles. The monoisotopic (exact) mass is 158 g/mol. The summed E-state index contributed by atoms with van der Waals surface area (Å²) in [4.78, 5) is 0. The predicted octanol–water partition coefficient (Wildman–Crippen LogP) is 0.928. The molecule has 0 N–H and O–H groups in total. The van der Waals surface area contributed by atoms with E-state index >= 15 is 0 Å². The lowest BCUT2D eigenvalue weighted by molar-refractivity contribution is -0.164. The zero-order valence-electron chi connectivity index (χ0n) is 6.62. The Bertz CT molecular complexity index is 117. The molecule has 2 aliphatic heterocycles. The van der Waals surface area contributed by atoms with Gasteiger partial charge in [-0.05, 0) is 19.3 Å². The van der Waals surface area contributed by atoms with Crippen molar-refractivity contribution in [1.82, 2.24) is 0 Å². The van der Waals surface area contributed by atoms with E-state index in [1.165, 1.54) is 12.8 Å². The standard InChI is InChI=1S/C8H14O3/c1-2-4-9-8(3-1)11-6-7-5-10-7/h7-8H,1-6H2/t7?,8-/m1/s1. The highest BCUT2D eigenvalue weighted by Crippen LogP contribution is 2.16. The molecular weight excluding hydrogens is 144 g/mol. The molecule has 2 fully saturated rings. The van der Waals surface area contributed by atoms with Gasteiger partial charge >= 0.3 is 0 Å². The van der Waals surface area contributed by atoms with Crippen molar-refractivity contribution < 1.29 is 14.2 Å². The first-order valence-electron chi connectivity index (χ1n) is 4.30. The van der Waals surface area contributed by atoms with Gasteiger partial charge in [-0.1, -0.05) is 0 Å². The van der Waals surface area contributed by atoms with Gasteiger partial charge in [-0.3, -0.25) is 0 Å². The average Bonchev–Trinajstić information content (AvgIpc) is 2.86. The summed E-state index contributed by atoms with van der Waals surface area (Å²) in [6.07, 6.45) is 3.87. The van der Waals surface area contributed by atoms with Crippen LogP contribution in [0.15, 0.2) is 0 Å². The molecule has 2 rings (SSSR count). The van der Waals surface area contributed by atoms with Crippen LogP contribution in [0.2, 0.25) is 0 Å². The highest BCUT2D eigenvalue weighted by molar-refractivity contribution is 4.68. The van der Waals surface area contributed by atoms with Crippen LogP contribution in [0.4, 0.5) is 0 Å². The predicted molar refractivity (Wildman–Crippen MR) is 39.3 cm³/mol. The first kappa shape index (κ1) is 7.53. The van der Waals surface area contributed by atoms with Crippen molar-refractivity contribution in [3.8, 4) is 0 Å². The van der Waals surface area contributed by atoms with Gasteiger partial charge in [0.05, 0.1) is 13.2 Å². The van der Waals surface area contributed by atoms with Crippen molar-refractivity contribution in [3.63, 3.8) is 0 Å². The summed E-state index contributed by atoms with van der Waals surface area (Å²) < 4.78 is 15.9. The smallest absolute Gasteiger partial charge is 0.157 e. The molecule has 0 bridgehead atoms. The fourth-order valence-electron chi connectivity index (χ4n) is 1.22. The zero-order chi connectivity index (χ0) is 7.52. The average molecular weight is 158 g/mol. The lowest BCUT2D eigenvalue weighted by atomic mass is 10.2. The Labute approximate surface area is 66.6 Å². The Morgan fingerprint density at radius 1 is 1.27 bits per heavy atom. The van der Waals surface area contributed by atoms with Gasteiger partial charge in [0.15, 0.2) is 6.29 Å². The second-order valence-electron chi connectivity index (χ2n) is 3.08. The first-order chi connectivity index (χ1) is 5.45. The summed E-state index contributed by atoms with van der Waals surface area (Å²) in [5, 5.41) is 0. The molecule has 0 amide bonds. The van der Waals surface area contributed by atoms with E-state index in [-0.39, 0.29) is 6.29 Å². The van der Waals surface area contributed by atoms with Crippen molar-refractivity contribution in [1.29, 1.82) is 0 Å². The van der Waals surface area contributed by atoms with Gasteiger partial charge in [-0.2, -0.15) is 0 Å². The second-order valence-corrected chi connectivity index (χ2v) is 3.08. The molecule has 3 heteroatoms. The molecule has 11 heavy (non-hydrogen) atoms. The normalized spacial score (nSPS) is 37.1. The van der Waals surface area contributed by atoms with E-state index in [4.69, 9.17) is 14.2 Å². The zero-order valence-corrected chi connectivity index (χ0v) is 6.62. The summed E-state index contributed by atoms with van der Waals surface area (Å²) in [5.74, 6) is 0. The Kier molecular flexibility index (Phi) is 2.41. The van der Waals surface area contributed by atoms with Crippen molar-refractivity contribution in [3.05, 3.63) is 0 Å². The summed E-state index contributed by atoms with van der Waals surface area (Å²) in [6.45, 7) is 2.44. The second kappa shape index (κ2) is 3.52. The van der Waals surface area contributed by atoms with Crippen LogP contribution in [0.5, 0.6) is 0 Å². The summed E-state index contributed by atoms with van der Waals surface area (Å²) in [5.41, 5.74) is 0. The molecule has 0 aromatic heterocycles. The fourth-order valence-corrected chi connectivity index (χ4v) is 1.22. The minimum atomic E-state index is 0.0490. The number of rotatable bonds is 3. The largest absolute Gasteiger partial charge is 0.371 e. The molecule has 2 saturated heterocycles. The lowest BCUT2D eigenvalue weighted by Gasteiger charge is -2.22. The van der Waals surface area contributed by atoms with Crippen molar-refractivity contribution in [2.45, 2.75) is 31.7 Å². The highest BCUT2D eigenvalue weighted by Gasteiger charge is 2.25. The maximum atomic E-state index is 5.46. The summed E-state index contributed by atoms with van der Waals surface area (Å²) in [7, 11) is 0. The Balaban J connectivity index is 1.59. The molecule has 2 aliphatic rings. The van der Waals surface area contributed by atoms with Gasteiger partial charge in [0.1, 0.15) is 6.10 Å². The van der Waals surface area contributed by atoms with E-state index in [9.17, 15) is 0 Å². The van der Waals surface area contributed by atoms with Crippen LogP contribution in [0, 0.1) is 0 Å². The van der Waals surface area contributed by atoms with Gasteiger partial charge in [0, 0.05) is 6.61 Å². The van der Waals surface area contributed by atoms with E-state index < -0.39 is 0 Å². The van der Waals surface area contributed by atoms with E-state index in [1.54, 1.807) is 0 Å². The van der Waals surface area contributed by atoms with Crippen LogP contribution in [0.3, 0.4) is 0 Å². The Morgan fingerprint density at radius 2 is 2.18 bits per heavy atom. The quantitative estimate of drug-likeness (QED) is 0.572. The third-order valence-electron chi connectivity index (χ3n) is 2.01. The summed E-state index contributed by atoms with van der Waals surface area (Å²) in [6, 6.07) is 0. The minimum absolute atomic E-state index is 0.0490. The van der Waals surface area contributed by atoms with Crippen LogP contribution in [0.1, 0.15) is 19.3 Å². The summed E-state index contributed by atoms with van der Waals surface area (Å²) >= 11 is 0. The third-order valence-corrected chi connectivity index (χ3v) is 2.01. The maximum absolute atomic E-state index is 5.46. The first-order valence-corrected chi connectivity index (χ1v) is 4.30. The van der Waals surface area contributed by atoms with Gasteiger partial charge < -0.3 is 14.2 Å². The molecule has 0 spiro atoms. The lowest BCUT2D eigenvalue weighted by Crippen LogP contribution is -2.23. The molecule has 0 aliphatic carbocycles. The Morgan fingerprint density at radius 3 is 2.82 bits per heavy atom. The van der Waals surface area contributed by atoms with Gasteiger partial charge in [-0.25, -0.2) is 0 Å². The van der Waals surface area contributed by atoms with Crippen LogP contribution in [-0.4, -0.2) is 32.2 Å². The number of ether oxygens (including phenoxy) is 3. The van der Waals surface area contributed by atoms with Crippen molar-refractivity contribution in [2.75, 3.05) is 19.8 Å². The van der Waals surface area contributed by atoms with Gasteiger partial charge in [0.25, 0.3) is 0 Å². The molecule has 1 unspecified atom stereocenters.